The fraction of sp³-hybridized carbons (Fsp3) is 0.538. The Balaban J connectivity index is 1.65. The largest absolute Gasteiger partial charge is 0.490 e. The van der Waals surface area contributed by atoms with Gasteiger partial charge in [-0.05, 0) is 49.9 Å². The van der Waals surface area contributed by atoms with Gasteiger partial charge in [-0.3, -0.25) is 0 Å². The lowest BCUT2D eigenvalue weighted by molar-refractivity contribution is 0.198. The van der Waals surface area contributed by atoms with Gasteiger partial charge in [0.1, 0.15) is 5.75 Å². The maximum Gasteiger partial charge on any atom is 0.162 e. The van der Waals surface area contributed by atoms with E-state index in [-0.39, 0.29) is 6.10 Å². The van der Waals surface area contributed by atoms with Crippen LogP contribution in [0.25, 0.3) is 0 Å². The fourth-order valence-electron chi connectivity index (χ4n) is 2.95. The predicted molar refractivity (Wildman–Crippen MR) is 59.9 cm³/mol. The summed E-state index contributed by atoms with van der Waals surface area (Å²) < 4.78 is 31.5. The van der Waals surface area contributed by atoms with Gasteiger partial charge in [0, 0.05) is 6.07 Å². The lowest BCUT2D eigenvalue weighted by Crippen LogP contribution is -2.18. The molecule has 2 nitrogen and oxygen atoms in total. The van der Waals surface area contributed by atoms with E-state index in [0.717, 1.165) is 38.1 Å². The molecule has 4 heteroatoms. The third-order valence-corrected chi connectivity index (χ3v) is 3.80. The van der Waals surface area contributed by atoms with E-state index < -0.39 is 11.6 Å². The van der Waals surface area contributed by atoms with Gasteiger partial charge in [-0.2, -0.15) is 0 Å². The molecular weight excluding hydrogens is 224 g/mol. The fourth-order valence-corrected chi connectivity index (χ4v) is 2.95. The van der Waals surface area contributed by atoms with Crippen molar-refractivity contribution >= 4 is 0 Å². The Labute approximate surface area is 99.0 Å². The van der Waals surface area contributed by atoms with Gasteiger partial charge in [0.2, 0.25) is 0 Å². The molecule has 0 radical (unpaired) electrons. The molecule has 17 heavy (non-hydrogen) atoms. The Morgan fingerprint density at radius 2 is 1.76 bits per heavy atom. The summed E-state index contributed by atoms with van der Waals surface area (Å²) in [5, 5.41) is 3.36. The molecule has 1 aromatic carbocycles. The van der Waals surface area contributed by atoms with Crippen LogP contribution in [0, 0.1) is 23.5 Å². The van der Waals surface area contributed by atoms with E-state index >= 15 is 0 Å². The minimum Gasteiger partial charge on any atom is -0.490 e. The van der Waals surface area contributed by atoms with Gasteiger partial charge >= 0.3 is 0 Å². The molecule has 0 spiro atoms. The average molecular weight is 239 g/mol. The van der Waals surface area contributed by atoms with Crippen LogP contribution in [-0.4, -0.2) is 19.2 Å². The van der Waals surface area contributed by atoms with Crippen LogP contribution in [0.2, 0.25) is 0 Å². The molecule has 2 aliphatic rings. The molecule has 1 aliphatic carbocycles. The van der Waals surface area contributed by atoms with Gasteiger partial charge in [0.25, 0.3) is 0 Å². The minimum atomic E-state index is -0.845. The first-order valence-corrected chi connectivity index (χ1v) is 6.05. The van der Waals surface area contributed by atoms with Crippen molar-refractivity contribution in [3.8, 4) is 5.75 Å². The predicted octanol–water partition coefficient (Wildman–Crippen LogP) is 2.34. The highest BCUT2D eigenvalue weighted by molar-refractivity contribution is 5.24. The first-order chi connectivity index (χ1) is 8.22. The second kappa shape index (κ2) is 4.26. The second-order valence-electron chi connectivity index (χ2n) is 4.97. The van der Waals surface area contributed by atoms with Crippen LogP contribution in [0.15, 0.2) is 18.2 Å². The number of rotatable bonds is 2. The number of fused-ring (bicyclic) bond motifs is 1. The minimum absolute atomic E-state index is 0.150. The van der Waals surface area contributed by atoms with Crippen LogP contribution in [0.5, 0.6) is 5.75 Å². The van der Waals surface area contributed by atoms with E-state index in [1.165, 1.54) is 6.07 Å². The summed E-state index contributed by atoms with van der Waals surface area (Å²) in [5.41, 5.74) is 0. The van der Waals surface area contributed by atoms with Crippen molar-refractivity contribution in [2.24, 2.45) is 11.8 Å². The van der Waals surface area contributed by atoms with Crippen LogP contribution >= 0.6 is 0 Å². The molecular formula is C13H15F2NO. The Bertz CT molecular complexity index is 412. The Hall–Kier alpha value is -1.16. The van der Waals surface area contributed by atoms with E-state index in [1.54, 1.807) is 0 Å². The summed E-state index contributed by atoms with van der Waals surface area (Å²) >= 11 is 0. The summed E-state index contributed by atoms with van der Waals surface area (Å²) in [4.78, 5) is 0. The molecule has 0 aromatic heterocycles. The summed E-state index contributed by atoms with van der Waals surface area (Å²) in [6.07, 6.45) is 2.17. The van der Waals surface area contributed by atoms with Gasteiger partial charge in [0.15, 0.2) is 11.6 Å². The molecule has 1 aliphatic heterocycles. The monoisotopic (exact) mass is 239 g/mol. The quantitative estimate of drug-likeness (QED) is 0.855. The van der Waals surface area contributed by atoms with Crippen LogP contribution in [0.3, 0.4) is 0 Å². The molecule has 92 valence electrons. The zero-order valence-electron chi connectivity index (χ0n) is 9.46. The maximum absolute atomic E-state index is 13.0. The normalized spacial score (nSPS) is 31.5. The topological polar surface area (TPSA) is 21.3 Å². The average Bonchev–Trinajstić information content (AvgIpc) is 2.84. The Morgan fingerprint density at radius 3 is 2.41 bits per heavy atom. The van der Waals surface area contributed by atoms with E-state index in [0.29, 0.717) is 17.6 Å². The third-order valence-electron chi connectivity index (χ3n) is 3.80. The van der Waals surface area contributed by atoms with Crippen molar-refractivity contribution in [2.45, 2.75) is 18.9 Å². The maximum atomic E-state index is 13.0. The molecule has 2 fully saturated rings. The number of hydrogen-bond donors (Lipinski definition) is 1. The summed E-state index contributed by atoms with van der Waals surface area (Å²) in [7, 11) is 0. The molecule has 2 atom stereocenters. The van der Waals surface area contributed by atoms with Gasteiger partial charge in [-0.15, -0.1) is 0 Å². The van der Waals surface area contributed by atoms with E-state index in [4.69, 9.17) is 4.74 Å². The van der Waals surface area contributed by atoms with Gasteiger partial charge in [-0.1, -0.05) is 0 Å². The van der Waals surface area contributed by atoms with E-state index in [1.807, 2.05) is 0 Å². The van der Waals surface area contributed by atoms with Crippen LogP contribution in [0.1, 0.15) is 12.8 Å². The van der Waals surface area contributed by atoms with Crippen molar-refractivity contribution in [1.29, 1.82) is 0 Å². The van der Waals surface area contributed by atoms with Crippen LogP contribution < -0.4 is 10.1 Å². The van der Waals surface area contributed by atoms with Crippen molar-refractivity contribution < 1.29 is 13.5 Å². The second-order valence-corrected chi connectivity index (χ2v) is 4.97. The number of ether oxygens (including phenoxy) is 1. The summed E-state index contributed by atoms with van der Waals surface area (Å²) in [5.74, 6) is 0.129. The van der Waals surface area contributed by atoms with E-state index in [2.05, 4.69) is 5.32 Å². The third kappa shape index (κ3) is 2.14. The van der Waals surface area contributed by atoms with Gasteiger partial charge in [0.05, 0.1) is 6.10 Å². The number of halogens is 2. The highest BCUT2D eigenvalue weighted by Gasteiger charge is 2.38. The summed E-state index contributed by atoms with van der Waals surface area (Å²) in [6, 6.07) is 3.73. The van der Waals surface area contributed by atoms with E-state index in [9.17, 15) is 8.78 Å². The zero-order valence-corrected chi connectivity index (χ0v) is 9.46. The van der Waals surface area contributed by atoms with Crippen molar-refractivity contribution in [1.82, 2.24) is 5.32 Å². The molecule has 1 N–H and O–H groups in total. The molecule has 2 unspecified atom stereocenters. The molecule has 3 rings (SSSR count). The molecule has 1 heterocycles. The molecule has 1 saturated carbocycles. The molecule has 1 aromatic rings. The lowest BCUT2D eigenvalue weighted by atomic mass is 10.0. The lowest BCUT2D eigenvalue weighted by Gasteiger charge is -2.14. The van der Waals surface area contributed by atoms with Crippen LogP contribution in [0.4, 0.5) is 8.78 Å². The molecule has 0 bridgehead atoms. The van der Waals surface area contributed by atoms with Gasteiger partial charge < -0.3 is 10.1 Å². The Morgan fingerprint density at radius 1 is 1.06 bits per heavy atom. The van der Waals surface area contributed by atoms with Gasteiger partial charge in [-0.25, -0.2) is 8.78 Å². The first-order valence-electron chi connectivity index (χ1n) is 6.05. The summed E-state index contributed by atoms with van der Waals surface area (Å²) in [6.45, 7) is 2.12. The van der Waals surface area contributed by atoms with Crippen molar-refractivity contribution in [3.05, 3.63) is 29.8 Å². The first kappa shape index (κ1) is 11.0. The number of benzene rings is 1. The van der Waals surface area contributed by atoms with Crippen molar-refractivity contribution in [2.75, 3.05) is 13.1 Å². The molecule has 1 saturated heterocycles. The van der Waals surface area contributed by atoms with Crippen molar-refractivity contribution in [3.63, 3.8) is 0 Å². The highest BCUT2D eigenvalue weighted by atomic mass is 19.2. The SMILES string of the molecule is Fc1ccc(OC2CC3CNCC3C2)cc1F. The molecule has 0 amide bonds. The zero-order chi connectivity index (χ0) is 11.8. The van der Waals surface area contributed by atoms with Crippen LogP contribution in [-0.2, 0) is 0 Å². The highest BCUT2D eigenvalue weighted by Crippen LogP contribution is 2.36. The Kier molecular flexibility index (Phi) is 2.74. The number of hydrogen-bond acceptors (Lipinski definition) is 2. The standard InChI is InChI=1S/C13H15F2NO/c14-12-2-1-10(5-13(12)15)17-11-3-8-6-16-7-9(8)4-11/h1-2,5,8-9,11,16H,3-4,6-7H2. The smallest absolute Gasteiger partial charge is 0.162 e. The number of nitrogens with one attached hydrogen (secondary N) is 1.